The van der Waals surface area contributed by atoms with Crippen LogP contribution >= 0.6 is 0 Å². The van der Waals surface area contributed by atoms with Gasteiger partial charge in [-0.25, -0.2) is 4.79 Å². The minimum atomic E-state index is -0.192. The standard InChI is InChI=1S/C12H21N3O3/c1-9(2)15-6-5-14(12(15)17)7-11(16)13-10(3)8-18-4/h5-6,9-10H,7-8H2,1-4H3,(H,13,16). The molecule has 18 heavy (non-hydrogen) atoms. The average Bonchev–Trinajstić information content (AvgIpc) is 2.60. The second-order valence-electron chi connectivity index (χ2n) is 4.63. The highest BCUT2D eigenvalue weighted by atomic mass is 16.5. The summed E-state index contributed by atoms with van der Waals surface area (Å²) in [5.41, 5.74) is -0.167. The van der Waals surface area contributed by atoms with Crippen molar-refractivity contribution < 1.29 is 9.53 Å². The Labute approximate surface area is 107 Å². The number of ether oxygens (including phenoxy) is 1. The van der Waals surface area contributed by atoms with Crippen molar-refractivity contribution in [2.75, 3.05) is 13.7 Å². The number of hydrogen-bond acceptors (Lipinski definition) is 3. The van der Waals surface area contributed by atoms with Gasteiger partial charge in [0.05, 0.1) is 6.61 Å². The molecule has 1 atom stereocenters. The number of nitrogens with one attached hydrogen (secondary N) is 1. The number of rotatable bonds is 6. The van der Waals surface area contributed by atoms with Gasteiger partial charge in [0.1, 0.15) is 6.54 Å². The fourth-order valence-corrected chi connectivity index (χ4v) is 1.71. The molecule has 1 aromatic rings. The summed E-state index contributed by atoms with van der Waals surface area (Å²) in [7, 11) is 1.58. The van der Waals surface area contributed by atoms with E-state index in [0.29, 0.717) is 6.61 Å². The number of hydrogen-bond donors (Lipinski definition) is 1. The molecule has 1 amide bonds. The van der Waals surface area contributed by atoms with Crippen LogP contribution in [0.3, 0.4) is 0 Å². The lowest BCUT2D eigenvalue weighted by Gasteiger charge is -2.12. The van der Waals surface area contributed by atoms with Crippen molar-refractivity contribution in [1.29, 1.82) is 0 Å². The van der Waals surface area contributed by atoms with Crippen LogP contribution in [0.2, 0.25) is 0 Å². The summed E-state index contributed by atoms with van der Waals surface area (Å²) in [6, 6.07) is 0.0274. The van der Waals surface area contributed by atoms with Gasteiger partial charge in [0.2, 0.25) is 5.91 Å². The molecule has 0 saturated heterocycles. The van der Waals surface area contributed by atoms with Crippen molar-refractivity contribution in [3.8, 4) is 0 Å². The maximum absolute atomic E-state index is 11.9. The predicted octanol–water partition coefficient (Wildman–Crippen LogP) is 0.382. The van der Waals surface area contributed by atoms with Gasteiger partial charge in [0, 0.05) is 31.6 Å². The summed E-state index contributed by atoms with van der Waals surface area (Å²) in [6.07, 6.45) is 3.32. The van der Waals surface area contributed by atoms with Gasteiger partial charge < -0.3 is 10.1 Å². The zero-order chi connectivity index (χ0) is 13.7. The first-order chi connectivity index (χ1) is 8.45. The molecule has 102 valence electrons. The van der Waals surface area contributed by atoms with Gasteiger partial charge in [-0.2, -0.15) is 0 Å². The Balaban J connectivity index is 2.63. The van der Waals surface area contributed by atoms with Crippen molar-refractivity contribution in [3.63, 3.8) is 0 Å². The SMILES string of the molecule is COCC(C)NC(=O)Cn1ccn(C(C)C)c1=O. The number of carbonyl (C=O) groups is 1. The Morgan fingerprint density at radius 2 is 2.06 bits per heavy atom. The molecule has 0 aliphatic heterocycles. The second-order valence-corrected chi connectivity index (χ2v) is 4.63. The molecular formula is C12H21N3O3. The maximum atomic E-state index is 11.9. The van der Waals surface area contributed by atoms with Crippen LogP contribution in [-0.4, -0.2) is 34.8 Å². The normalized spacial score (nSPS) is 12.7. The van der Waals surface area contributed by atoms with Crippen LogP contribution in [0.15, 0.2) is 17.2 Å². The summed E-state index contributed by atoms with van der Waals surface area (Å²) in [5, 5.41) is 2.76. The van der Waals surface area contributed by atoms with Gasteiger partial charge in [0.25, 0.3) is 0 Å². The first-order valence-electron chi connectivity index (χ1n) is 6.01. The quantitative estimate of drug-likeness (QED) is 0.799. The molecule has 1 unspecified atom stereocenters. The molecule has 0 fully saturated rings. The van der Waals surface area contributed by atoms with Crippen molar-refractivity contribution in [2.45, 2.75) is 39.4 Å². The van der Waals surface area contributed by atoms with Crippen LogP contribution in [0, 0.1) is 0 Å². The van der Waals surface area contributed by atoms with Gasteiger partial charge in [-0.05, 0) is 20.8 Å². The van der Waals surface area contributed by atoms with E-state index in [9.17, 15) is 9.59 Å². The molecule has 0 spiro atoms. The van der Waals surface area contributed by atoms with Gasteiger partial charge >= 0.3 is 5.69 Å². The van der Waals surface area contributed by atoms with Crippen LogP contribution in [0.25, 0.3) is 0 Å². The minimum absolute atomic E-state index is 0.0343. The Kier molecular flexibility index (Phi) is 5.15. The topological polar surface area (TPSA) is 65.3 Å². The van der Waals surface area contributed by atoms with E-state index < -0.39 is 0 Å². The van der Waals surface area contributed by atoms with Crippen molar-refractivity contribution in [2.24, 2.45) is 0 Å². The molecule has 0 radical (unpaired) electrons. The highest BCUT2D eigenvalue weighted by Crippen LogP contribution is 1.98. The van der Waals surface area contributed by atoms with Gasteiger partial charge in [-0.1, -0.05) is 0 Å². The molecule has 6 heteroatoms. The van der Waals surface area contributed by atoms with E-state index in [-0.39, 0.29) is 30.2 Å². The van der Waals surface area contributed by atoms with E-state index >= 15 is 0 Å². The zero-order valence-electron chi connectivity index (χ0n) is 11.3. The Morgan fingerprint density at radius 1 is 1.39 bits per heavy atom. The zero-order valence-corrected chi connectivity index (χ0v) is 11.3. The van der Waals surface area contributed by atoms with Crippen LogP contribution in [0.1, 0.15) is 26.8 Å². The molecule has 1 aromatic heterocycles. The first kappa shape index (κ1) is 14.5. The molecule has 0 aromatic carbocycles. The lowest BCUT2D eigenvalue weighted by Crippen LogP contribution is -2.39. The van der Waals surface area contributed by atoms with E-state index in [2.05, 4.69) is 5.32 Å². The summed E-state index contributed by atoms with van der Waals surface area (Å²) in [4.78, 5) is 23.6. The minimum Gasteiger partial charge on any atom is -0.383 e. The number of amides is 1. The van der Waals surface area contributed by atoms with E-state index in [4.69, 9.17) is 4.74 Å². The van der Waals surface area contributed by atoms with E-state index in [1.807, 2.05) is 20.8 Å². The summed E-state index contributed by atoms with van der Waals surface area (Å²) >= 11 is 0. The summed E-state index contributed by atoms with van der Waals surface area (Å²) in [5.74, 6) is -0.192. The molecule has 0 bridgehead atoms. The molecule has 6 nitrogen and oxygen atoms in total. The molecule has 0 aliphatic rings. The van der Waals surface area contributed by atoms with Crippen LogP contribution < -0.4 is 11.0 Å². The summed E-state index contributed by atoms with van der Waals surface area (Å²) in [6.45, 7) is 6.18. The third kappa shape index (κ3) is 3.73. The molecular weight excluding hydrogens is 234 g/mol. The molecule has 0 saturated carbocycles. The van der Waals surface area contributed by atoms with Crippen molar-refractivity contribution >= 4 is 5.91 Å². The van der Waals surface area contributed by atoms with E-state index in [1.165, 1.54) is 4.57 Å². The smallest absolute Gasteiger partial charge is 0.328 e. The largest absolute Gasteiger partial charge is 0.383 e. The van der Waals surface area contributed by atoms with Gasteiger partial charge in [0.15, 0.2) is 0 Å². The first-order valence-corrected chi connectivity index (χ1v) is 6.01. The lowest BCUT2D eigenvalue weighted by molar-refractivity contribution is -0.122. The molecule has 1 heterocycles. The Morgan fingerprint density at radius 3 is 2.56 bits per heavy atom. The maximum Gasteiger partial charge on any atom is 0.328 e. The van der Waals surface area contributed by atoms with Crippen molar-refractivity contribution in [3.05, 3.63) is 22.9 Å². The lowest BCUT2D eigenvalue weighted by atomic mass is 10.3. The Bertz CT molecular complexity index is 448. The van der Waals surface area contributed by atoms with Crippen LogP contribution in [-0.2, 0) is 16.1 Å². The fraction of sp³-hybridized carbons (Fsp3) is 0.667. The second kappa shape index (κ2) is 6.39. The molecule has 1 N–H and O–H groups in total. The highest BCUT2D eigenvalue weighted by molar-refractivity contribution is 5.75. The van der Waals surface area contributed by atoms with E-state index in [0.717, 1.165) is 0 Å². The van der Waals surface area contributed by atoms with Gasteiger partial charge in [-0.15, -0.1) is 0 Å². The number of imidazole rings is 1. The predicted molar refractivity (Wildman–Crippen MR) is 68.6 cm³/mol. The third-order valence-electron chi connectivity index (χ3n) is 2.57. The van der Waals surface area contributed by atoms with Gasteiger partial charge in [-0.3, -0.25) is 13.9 Å². The number of carbonyl (C=O) groups excluding carboxylic acids is 1. The van der Waals surface area contributed by atoms with Crippen LogP contribution in [0.4, 0.5) is 0 Å². The monoisotopic (exact) mass is 255 g/mol. The fourth-order valence-electron chi connectivity index (χ4n) is 1.71. The number of aromatic nitrogens is 2. The number of methoxy groups -OCH3 is 1. The average molecular weight is 255 g/mol. The Hall–Kier alpha value is -1.56. The highest BCUT2D eigenvalue weighted by Gasteiger charge is 2.11. The molecule has 0 aliphatic carbocycles. The van der Waals surface area contributed by atoms with E-state index in [1.54, 1.807) is 24.1 Å². The van der Waals surface area contributed by atoms with Crippen molar-refractivity contribution in [1.82, 2.24) is 14.5 Å². The summed E-state index contributed by atoms with van der Waals surface area (Å²) < 4.78 is 7.91. The number of nitrogens with zero attached hydrogens (tertiary/aromatic N) is 2. The molecule has 1 rings (SSSR count). The van der Waals surface area contributed by atoms with Crippen LogP contribution in [0.5, 0.6) is 0 Å². The third-order valence-corrected chi connectivity index (χ3v) is 2.57.